The minimum Gasteiger partial charge on any atom is -0.435 e. The Labute approximate surface area is 111 Å². The van der Waals surface area contributed by atoms with Crippen LogP contribution < -0.4 is 15.4 Å². The molecular formula is C13H18F2N2O2. The minimum absolute atomic E-state index is 0.0846. The molecule has 0 radical (unpaired) electrons. The van der Waals surface area contributed by atoms with Gasteiger partial charge in [0, 0.05) is 6.54 Å². The normalized spacial score (nSPS) is 10.5. The molecule has 0 saturated carbocycles. The van der Waals surface area contributed by atoms with Crippen LogP contribution in [-0.4, -0.2) is 32.7 Å². The van der Waals surface area contributed by atoms with Crippen LogP contribution in [0.15, 0.2) is 24.3 Å². The van der Waals surface area contributed by atoms with E-state index in [1.165, 1.54) is 12.1 Å². The van der Waals surface area contributed by atoms with Crippen molar-refractivity contribution in [2.24, 2.45) is 0 Å². The first-order valence-corrected chi connectivity index (χ1v) is 6.07. The molecule has 0 aliphatic heterocycles. The number of carbonyl (C=O) groups excluding carboxylic acids is 1. The van der Waals surface area contributed by atoms with E-state index < -0.39 is 6.61 Å². The van der Waals surface area contributed by atoms with Crippen molar-refractivity contribution in [2.45, 2.75) is 19.5 Å². The lowest BCUT2D eigenvalue weighted by atomic mass is 10.1. The van der Waals surface area contributed by atoms with Gasteiger partial charge in [0.05, 0.1) is 6.42 Å². The number of rotatable bonds is 8. The van der Waals surface area contributed by atoms with E-state index in [0.29, 0.717) is 6.54 Å². The Morgan fingerprint density at radius 1 is 1.26 bits per heavy atom. The van der Waals surface area contributed by atoms with Gasteiger partial charge in [-0.1, -0.05) is 12.1 Å². The monoisotopic (exact) mass is 272 g/mol. The summed E-state index contributed by atoms with van der Waals surface area (Å²) in [6, 6.07) is 6.06. The molecule has 0 unspecified atom stereocenters. The summed E-state index contributed by atoms with van der Waals surface area (Å²) in [6.45, 7) is -1.37. The van der Waals surface area contributed by atoms with Gasteiger partial charge in [0.15, 0.2) is 0 Å². The standard InChI is InChI=1S/C13H18F2N2O2/c1-16-7-2-8-17-12(18)9-10-3-5-11(6-4-10)19-13(14)15/h3-6,13,16H,2,7-9H2,1H3,(H,17,18). The fraction of sp³-hybridized carbons (Fsp3) is 0.462. The van der Waals surface area contributed by atoms with Gasteiger partial charge >= 0.3 is 6.61 Å². The summed E-state index contributed by atoms with van der Waals surface area (Å²) in [7, 11) is 1.85. The van der Waals surface area contributed by atoms with Crippen LogP contribution in [0.25, 0.3) is 0 Å². The SMILES string of the molecule is CNCCCNC(=O)Cc1ccc(OC(F)F)cc1. The number of ether oxygens (including phenoxy) is 1. The van der Waals surface area contributed by atoms with Crippen molar-refractivity contribution in [3.63, 3.8) is 0 Å². The molecule has 0 saturated heterocycles. The third-order valence-corrected chi connectivity index (χ3v) is 2.44. The lowest BCUT2D eigenvalue weighted by Crippen LogP contribution is -2.27. The van der Waals surface area contributed by atoms with Crippen molar-refractivity contribution in [1.82, 2.24) is 10.6 Å². The van der Waals surface area contributed by atoms with E-state index in [-0.39, 0.29) is 18.1 Å². The lowest BCUT2D eigenvalue weighted by Gasteiger charge is -2.07. The van der Waals surface area contributed by atoms with Crippen molar-refractivity contribution in [3.05, 3.63) is 29.8 Å². The average Bonchev–Trinajstić information content (AvgIpc) is 2.36. The summed E-state index contributed by atoms with van der Waals surface area (Å²) in [5, 5.41) is 5.77. The number of nitrogens with one attached hydrogen (secondary N) is 2. The van der Waals surface area contributed by atoms with Gasteiger partial charge in [-0.15, -0.1) is 0 Å². The number of benzene rings is 1. The molecule has 19 heavy (non-hydrogen) atoms. The average molecular weight is 272 g/mol. The second-order valence-corrected chi connectivity index (χ2v) is 4.01. The van der Waals surface area contributed by atoms with E-state index in [1.54, 1.807) is 12.1 Å². The maximum Gasteiger partial charge on any atom is 0.387 e. The predicted octanol–water partition coefficient (Wildman–Crippen LogP) is 1.56. The third-order valence-electron chi connectivity index (χ3n) is 2.44. The Balaban J connectivity index is 2.34. The summed E-state index contributed by atoms with van der Waals surface area (Å²) < 4.78 is 28.1. The third kappa shape index (κ3) is 6.71. The van der Waals surface area contributed by atoms with E-state index in [1.807, 2.05) is 7.05 Å². The van der Waals surface area contributed by atoms with Gasteiger partial charge in [0.1, 0.15) is 5.75 Å². The number of alkyl halides is 2. The number of hydrogen-bond acceptors (Lipinski definition) is 3. The van der Waals surface area contributed by atoms with Crippen molar-refractivity contribution < 1.29 is 18.3 Å². The summed E-state index contributed by atoms with van der Waals surface area (Å²) in [4.78, 5) is 11.6. The molecule has 0 fully saturated rings. The molecule has 0 heterocycles. The molecule has 106 valence electrons. The summed E-state index contributed by atoms with van der Waals surface area (Å²) >= 11 is 0. The van der Waals surface area contributed by atoms with E-state index >= 15 is 0 Å². The molecule has 0 atom stereocenters. The molecule has 1 aromatic rings. The lowest BCUT2D eigenvalue weighted by molar-refractivity contribution is -0.120. The highest BCUT2D eigenvalue weighted by Gasteiger charge is 2.06. The van der Waals surface area contributed by atoms with E-state index in [4.69, 9.17) is 0 Å². The van der Waals surface area contributed by atoms with E-state index in [0.717, 1.165) is 18.5 Å². The highest BCUT2D eigenvalue weighted by molar-refractivity contribution is 5.78. The van der Waals surface area contributed by atoms with Crippen molar-refractivity contribution >= 4 is 5.91 Å². The Hall–Kier alpha value is -1.69. The van der Waals surface area contributed by atoms with E-state index in [9.17, 15) is 13.6 Å². The molecular weight excluding hydrogens is 254 g/mol. The summed E-state index contributed by atoms with van der Waals surface area (Å²) in [6.07, 6.45) is 1.10. The van der Waals surface area contributed by atoms with Gasteiger partial charge in [0.25, 0.3) is 0 Å². The van der Waals surface area contributed by atoms with Crippen LogP contribution >= 0.6 is 0 Å². The predicted molar refractivity (Wildman–Crippen MR) is 68.3 cm³/mol. The number of halogens is 2. The van der Waals surface area contributed by atoms with Gasteiger partial charge in [-0.05, 0) is 37.7 Å². The topological polar surface area (TPSA) is 50.4 Å². The molecule has 2 N–H and O–H groups in total. The minimum atomic E-state index is -2.83. The first-order valence-electron chi connectivity index (χ1n) is 6.07. The van der Waals surface area contributed by atoms with Gasteiger partial charge in [-0.25, -0.2) is 0 Å². The molecule has 6 heteroatoms. The fourth-order valence-electron chi connectivity index (χ4n) is 1.53. The van der Waals surface area contributed by atoms with Gasteiger partial charge in [-0.2, -0.15) is 8.78 Å². The summed E-state index contributed by atoms with van der Waals surface area (Å²) in [5.41, 5.74) is 0.757. The van der Waals surface area contributed by atoms with Crippen molar-refractivity contribution in [1.29, 1.82) is 0 Å². The Morgan fingerprint density at radius 3 is 2.53 bits per heavy atom. The Kier molecular flexibility index (Phi) is 6.81. The molecule has 0 aromatic heterocycles. The quantitative estimate of drug-likeness (QED) is 0.706. The smallest absolute Gasteiger partial charge is 0.387 e. The van der Waals surface area contributed by atoms with Crippen LogP contribution in [-0.2, 0) is 11.2 Å². The van der Waals surface area contributed by atoms with Gasteiger partial charge < -0.3 is 15.4 Å². The molecule has 0 aliphatic rings. The fourth-order valence-corrected chi connectivity index (χ4v) is 1.53. The van der Waals surface area contributed by atoms with Crippen molar-refractivity contribution in [2.75, 3.05) is 20.1 Å². The number of carbonyl (C=O) groups is 1. The molecule has 4 nitrogen and oxygen atoms in total. The summed E-state index contributed by atoms with van der Waals surface area (Å²) in [5.74, 6) is 0.00630. The Bertz CT molecular complexity index is 383. The maximum atomic E-state index is 11.9. The zero-order valence-corrected chi connectivity index (χ0v) is 10.8. The maximum absolute atomic E-state index is 11.9. The Morgan fingerprint density at radius 2 is 1.95 bits per heavy atom. The molecule has 1 aromatic carbocycles. The highest BCUT2D eigenvalue weighted by atomic mass is 19.3. The second-order valence-electron chi connectivity index (χ2n) is 4.01. The van der Waals surface area contributed by atoms with Crippen LogP contribution in [0.4, 0.5) is 8.78 Å². The highest BCUT2D eigenvalue weighted by Crippen LogP contribution is 2.15. The first-order chi connectivity index (χ1) is 9.11. The van der Waals surface area contributed by atoms with Crippen LogP contribution in [0.3, 0.4) is 0 Å². The second kappa shape index (κ2) is 8.42. The number of amides is 1. The molecule has 0 spiro atoms. The zero-order valence-electron chi connectivity index (χ0n) is 10.8. The molecule has 1 amide bonds. The number of hydrogen-bond donors (Lipinski definition) is 2. The van der Waals surface area contributed by atoms with Crippen LogP contribution in [0.2, 0.25) is 0 Å². The van der Waals surface area contributed by atoms with E-state index in [2.05, 4.69) is 15.4 Å². The van der Waals surface area contributed by atoms with Gasteiger partial charge in [-0.3, -0.25) is 4.79 Å². The first kappa shape index (κ1) is 15.4. The van der Waals surface area contributed by atoms with Crippen LogP contribution in [0.5, 0.6) is 5.75 Å². The molecule has 1 rings (SSSR count). The van der Waals surface area contributed by atoms with Crippen molar-refractivity contribution in [3.8, 4) is 5.75 Å². The van der Waals surface area contributed by atoms with Gasteiger partial charge in [0.2, 0.25) is 5.91 Å². The zero-order chi connectivity index (χ0) is 14.1. The van der Waals surface area contributed by atoms with Crippen LogP contribution in [0, 0.1) is 0 Å². The molecule has 0 bridgehead atoms. The largest absolute Gasteiger partial charge is 0.435 e. The van der Waals surface area contributed by atoms with Crippen LogP contribution in [0.1, 0.15) is 12.0 Å². The molecule has 0 aliphatic carbocycles.